The number of hydrogen-bond donors (Lipinski definition) is 1. The fourth-order valence-electron chi connectivity index (χ4n) is 0.818. The fraction of sp³-hybridized carbons (Fsp3) is 0. The highest BCUT2D eigenvalue weighted by Crippen LogP contribution is 2.22. The van der Waals surface area contributed by atoms with E-state index in [0.717, 1.165) is 0 Å². The summed E-state index contributed by atoms with van der Waals surface area (Å²) in [6.45, 7) is 0. The van der Waals surface area contributed by atoms with Crippen LogP contribution in [0.25, 0.3) is 11.5 Å². The Bertz CT molecular complexity index is 434. The summed E-state index contributed by atoms with van der Waals surface area (Å²) in [5.74, 6) is -0.726. The van der Waals surface area contributed by atoms with E-state index in [1.165, 1.54) is 6.20 Å². The first kappa shape index (κ1) is 9.29. The van der Waals surface area contributed by atoms with Gasteiger partial charge in [-0.1, -0.05) is 23.2 Å². The smallest absolute Gasteiger partial charge is 0.197 e. The van der Waals surface area contributed by atoms with Gasteiger partial charge in [0, 0.05) is 0 Å². The Morgan fingerprint density at radius 2 is 1.86 bits per heavy atom. The average Bonchev–Trinajstić information content (AvgIpc) is 2.66. The molecule has 0 fully saturated rings. The molecule has 8 heteroatoms. The van der Waals surface area contributed by atoms with Gasteiger partial charge in [0.25, 0.3) is 0 Å². The van der Waals surface area contributed by atoms with Gasteiger partial charge in [0.05, 0.1) is 6.20 Å². The molecule has 0 spiro atoms. The van der Waals surface area contributed by atoms with E-state index < -0.39 is 5.82 Å². The van der Waals surface area contributed by atoms with Crippen molar-refractivity contribution in [1.82, 2.24) is 25.4 Å². The van der Waals surface area contributed by atoms with Crippen LogP contribution in [0.15, 0.2) is 6.20 Å². The van der Waals surface area contributed by atoms with Crippen molar-refractivity contribution in [3.05, 3.63) is 22.3 Å². The van der Waals surface area contributed by atoms with Crippen molar-refractivity contribution in [1.29, 1.82) is 0 Å². The molecule has 0 aliphatic carbocycles. The predicted molar refractivity (Wildman–Crippen MR) is 47.4 cm³/mol. The largest absolute Gasteiger partial charge is 0.211 e. The van der Waals surface area contributed by atoms with Gasteiger partial charge in [-0.3, -0.25) is 0 Å². The van der Waals surface area contributed by atoms with Crippen LogP contribution in [0.5, 0.6) is 0 Å². The van der Waals surface area contributed by atoms with E-state index in [9.17, 15) is 4.39 Å². The molecule has 0 bridgehead atoms. The molecule has 1 N–H and O–H groups in total. The third-order valence-corrected chi connectivity index (χ3v) is 1.92. The van der Waals surface area contributed by atoms with E-state index in [1.54, 1.807) is 0 Å². The second kappa shape index (κ2) is 3.47. The van der Waals surface area contributed by atoms with Crippen molar-refractivity contribution in [2.45, 2.75) is 0 Å². The van der Waals surface area contributed by atoms with Gasteiger partial charge < -0.3 is 0 Å². The molecule has 0 aliphatic rings. The molecule has 2 heterocycles. The van der Waals surface area contributed by atoms with Crippen LogP contribution < -0.4 is 0 Å². The molecule has 2 aromatic heterocycles. The molecule has 0 radical (unpaired) electrons. The first-order valence-electron chi connectivity index (χ1n) is 3.43. The van der Waals surface area contributed by atoms with E-state index in [2.05, 4.69) is 25.4 Å². The van der Waals surface area contributed by atoms with Gasteiger partial charge in [0.1, 0.15) is 5.69 Å². The summed E-state index contributed by atoms with van der Waals surface area (Å²) in [5, 5.41) is 8.91. The topological polar surface area (TPSA) is 67.3 Å². The molecular formula is C6H2Cl2FN5. The SMILES string of the molecule is Fc1c(Cl)nc(-c2cn[nH]n2)nc1Cl. The van der Waals surface area contributed by atoms with Gasteiger partial charge >= 0.3 is 0 Å². The van der Waals surface area contributed by atoms with Crippen LogP contribution in [0.1, 0.15) is 0 Å². The first-order chi connectivity index (χ1) is 6.68. The van der Waals surface area contributed by atoms with Crippen LogP contribution in [0.2, 0.25) is 10.3 Å². The lowest BCUT2D eigenvalue weighted by Gasteiger charge is -1.98. The predicted octanol–water partition coefficient (Wildman–Crippen LogP) is 1.71. The zero-order chi connectivity index (χ0) is 10.1. The third kappa shape index (κ3) is 1.53. The average molecular weight is 234 g/mol. The number of nitrogens with zero attached hydrogens (tertiary/aromatic N) is 4. The fourth-order valence-corrected chi connectivity index (χ4v) is 1.21. The number of rotatable bonds is 1. The summed E-state index contributed by atoms with van der Waals surface area (Å²) in [6.07, 6.45) is 1.37. The standard InChI is InChI=1S/C6H2Cl2FN5/c7-4-3(9)5(8)12-6(11-4)2-1-10-14-13-2/h1H,(H,10,13,14). The second-order valence-corrected chi connectivity index (χ2v) is 3.01. The Morgan fingerprint density at radius 3 is 2.36 bits per heavy atom. The number of aromatic nitrogens is 5. The highest BCUT2D eigenvalue weighted by Gasteiger charge is 2.13. The van der Waals surface area contributed by atoms with Gasteiger partial charge in [-0.2, -0.15) is 15.4 Å². The number of halogens is 3. The molecule has 0 saturated carbocycles. The van der Waals surface area contributed by atoms with Crippen molar-refractivity contribution >= 4 is 23.2 Å². The van der Waals surface area contributed by atoms with Gasteiger partial charge in [0.15, 0.2) is 21.9 Å². The lowest BCUT2D eigenvalue weighted by Crippen LogP contribution is -1.94. The van der Waals surface area contributed by atoms with E-state index in [4.69, 9.17) is 23.2 Å². The van der Waals surface area contributed by atoms with Crippen LogP contribution in [-0.2, 0) is 0 Å². The van der Waals surface area contributed by atoms with Crippen molar-refractivity contribution in [3.8, 4) is 11.5 Å². The zero-order valence-corrected chi connectivity index (χ0v) is 8.01. The summed E-state index contributed by atoms with van der Waals surface area (Å²) < 4.78 is 12.9. The summed E-state index contributed by atoms with van der Waals surface area (Å²) >= 11 is 10.9. The Labute approximate surface area is 87.3 Å². The van der Waals surface area contributed by atoms with E-state index >= 15 is 0 Å². The number of H-pyrrole nitrogens is 1. The molecule has 0 amide bonds. The first-order valence-corrected chi connectivity index (χ1v) is 4.18. The maximum Gasteiger partial charge on any atom is 0.197 e. The van der Waals surface area contributed by atoms with Crippen LogP contribution in [0, 0.1) is 5.82 Å². The minimum Gasteiger partial charge on any atom is -0.211 e. The van der Waals surface area contributed by atoms with Crippen molar-refractivity contribution < 1.29 is 4.39 Å². The molecule has 2 aromatic rings. The quantitative estimate of drug-likeness (QED) is 0.762. The normalized spacial score (nSPS) is 10.5. The molecule has 0 aliphatic heterocycles. The molecule has 0 aromatic carbocycles. The van der Waals surface area contributed by atoms with Crippen molar-refractivity contribution in [2.75, 3.05) is 0 Å². The molecule has 0 unspecified atom stereocenters. The lowest BCUT2D eigenvalue weighted by atomic mass is 10.4. The maximum atomic E-state index is 12.9. The van der Waals surface area contributed by atoms with Gasteiger partial charge in [-0.05, 0) is 0 Å². The third-order valence-electron chi connectivity index (χ3n) is 1.41. The second-order valence-electron chi connectivity index (χ2n) is 2.30. The summed E-state index contributed by atoms with van der Waals surface area (Å²) in [7, 11) is 0. The zero-order valence-electron chi connectivity index (χ0n) is 6.50. The minimum absolute atomic E-state index is 0.121. The molecule has 72 valence electrons. The number of nitrogens with one attached hydrogen (secondary N) is 1. The Kier molecular flexibility index (Phi) is 2.30. The van der Waals surface area contributed by atoms with Crippen molar-refractivity contribution in [2.24, 2.45) is 0 Å². The molecule has 2 rings (SSSR count). The summed E-state index contributed by atoms with van der Waals surface area (Å²) in [6, 6.07) is 0. The number of aromatic amines is 1. The van der Waals surface area contributed by atoms with E-state index in [0.29, 0.717) is 5.69 Å². The van der Waals surface area contributed by atoms with Gasteiger partial charge in [0.2, 0.25) is 0 Å². The molecule has 14 heavy (non-hydrogen) atoms. The summed E-state index contributed by atoms with van der Waals surface area (Å²) in [5.41, 5.74) is 0.341. The Hall–Kier alpha value is -1.27. The van der Waals surface area contributed by atoms with Crippen molar-refractivity contribution in [3.63, 3.8) is 0 Å². The molecule has 0 atom stereocenters. The highest BCUT2D eigenvalue weighted by molar-refractivity contribution is 6.33. The van der Waals surface area contributed by atoms with Gasteiger partial charge in [-0.15, -0.1) is 0 Å². The van der Waals surface area contributed by atoms with Crippen LogP contribution >= 0.6 is 23.2 Å². The highest BCUT2D eigenvalue weighted by atomic mass is 35.5. The molecular weight excluding hydrogens is 232 g/mol. The minimum atomic E-state index is -0.847. The summed E-state index contributed by atoms with van der Waals surface area (Å²) in [4.78, 5) is 7.30. The Balaban J connectivity index is 2.57. The maximum absolute atomic E-state index is 12.9. The van der Waals surface area contributed by atoms with Crippen LogP contribution in [0.4, 0.5) is 4.39 Å². The lowest BCUT2D eigenvalue weighted by molar-refractivity contribution is 0.615. The van der Waals surface area contributed by atoms with Gasteiger partial charge in [-0.25, -0.2) is 14.4 Å². The number of hydrogen-bond acceptors (Lipinski definition) is 4. The molecule has 0 saturated heterocycles. The van der Waals surface area contributed by atoms with E-state index in [1.807, 2.05) is 0 Å². The van der Waals surface area contributed by atoms with Crippen LogP contribution in [-0.4, -0.2) is 25.4 Å². The molecule has 5 nitrogen and oxygen atoms in total. The monoisotopic (exact) mass is 233 g/mol. The van der Waals surface area contributed by atoms with Crippen LogP contribution in [0.3, 0.4) is 0 Å². The Morgan fingerprint density at radius 1 is 1.21 bits per heavy atom. The van der Waals surface area contributed by atoms with E-state index in [-0.39, 0.29) is 16.1 Å².